The van der Waals surface area contributed by atoms with Crippen LogP contribution in [0.15, 0.2) is 40.8 Å². The van der Waals surface area contributed by atoms with Gasteiger partial charge in [0.05, 0.1) is 16.3 Å². The van der Waals surface area contributed by atoms with Gasteiger partial charge in [0, 0.05) is 6.08 Å². The Bertz CT molecular complexity index is 718. The lowest BCUT2D eigenvalue weighted by Crippen LogP contribution is -2.08. The van der Waals surface area contributed by atoms with Gasteiger partial charge in [0.1, 0.15) is 11.5 Å². The van der Waals surface area contributed by atoms with Crippen LogP contribution in [-0.2, 0) is 4.79 Å². The summed E-state index contributed by atoms with van der Waals surface area (Å²) in [5, 5.41) is 11.5. The van der Waals surface area contributed by atoms with E-state index in [0.29, 0.717) is 11.4 Å². The van der Waals surface area contributed by atoms with Crippen LogP contribution in [-0.4, -0.2) is 17.0 Å². The Labute approximate surface area is 125 Å². The number of halogens is 1. The van der Waals surface area contributed by atoms with Crippen molar-refractivity contribution < 1.29 is 19.1 Å². The number of hydrogen-bond acceptors (Lipinski definition) is 3. The molecule has 1 aromatic heterocycles. The third-order valence-corrected chi connectivity index (χ3v) is 2.95. The Morgan fingerprint density at radius 2 is 2.05 bits per heavy atom. The number of anilines is 1. The second kappa shape index (κ2) is 6.28. The van der Waals surface area contributed by atoms with Crippen LogP contribution in [0.2, 0.25) is 5.02 Å². The molecule has 0 radical (unpaired) electrons. The molecule has 2 rings (SSSR count). The van der Waals surface area contributed by atoms with Crippen molar-refractivity contribution in [3.05, 3.63) is 58.5 Å². The molecule has 108 valence electrons. The van der Waals surface area contributed by atoms with Crippen molar-refractivity contribution in [2.45, 2.75) is 6.92 Å². The molecule has 0 fully saturated rings. The van der Waals surface area contributed by atoms with Crippen LogP contribution in [0.25, 0.3) is 6.08 Å². The predicted octanol–water partition coefficient (Wildman–Crippen LogP) is 3.59. The summed E-state index contributed by atoms with van der Waals surface area (Å²) in [6.07, 6.45) is 2.83. The zero-order valence-corrected chi connectivity index (χ0v) is 11.8. The van der Waals surface area contributed by atoms with Crippen molar-refractivity contribution in [2.24, 2.45) is 0 Å². The van der Waals surface area contributed by atoms with Crippen LogP contribution >= 0.6 is 11.6 Å². The van der Waals surface area contributed by atoms with Crippen LogP contribution in [0.4, 0.5) is 5.69 Å². The normalized spacial score (nSPS) is 10.8. The molecule has 0 aliphatic heterocycles. The highest BCUT2D eigenvalue weighted by molar-refractivity contribution is 6.34. The number of amides is 1. The minimum atomic E-state index is -1.08. The fourth-order valence-corrected chi connectivity index (χ4v) is 1.85. The summed E-state index contributed by atoms with van der Waals surface area (Å²) in [6, 6.07) is 7.61. The second-order valence-electron chi connectivity index (χ2n) is 4.27. The lowest BCUT2D eigenvalue weighted by Gasteiger charge is -2.05. The number of carbonyl (C=O) groups excluding carboxylic acids is 1. The largest absolute Gasteiger partial charge is 0.478 e. The van der Waals surface area contributed by atoms with Crippen molar-refractivity contribution in [2.75, 3.05) is 5.32 Å². The van der Waals surface area contributed by atoms with Gasteiger partial charge in [-0.05, 0) is 43.3 Å². The Balaban J connectivity index is 2.06. The monoisotopic (exact) mass is 305 g/mol. The molecule has 0 atom stereocenters. The van der Waals surface area contributed by atoms with E-state index < -0.39 is 11.9 Å². The number of aryl methyl sites for hydroxylation is 1. The van der Waals surface area contributed by atoms with E-state index in [4.69, 9.17) is 21.1 Å². The van der Waals surface area contributed by atoms with E-state index in [2.05, 4.69) is 5.32 Å². The number of benzene rings is 1. The number of carboxylic acids is 1. The van der Waals surface area contributed by atoms with Crippen LogP contribution in [0.5, 0.6) is 0 Å². The van der Waals surface area contributed by atoms with E-state index >= 15 is 0 Å². The molecule has 0 spiro atoms. The molecule has 0 aliphatic rings. The maximum atomic E-state index is 11.7. The molecule has 1 amide bonds. The Morgan fingerprint density at radius 1 is 1.29 bits per heavy atom. The number of aromatic carboxylic acids is 1. The van der Waals surface area contributed by atoms with Crippen LogP contribution in [0.1, 0.15) is 21.9 Å². The Morgan fingerprint density at radius 3 is 2.62 bits per heavy atom. The molecule has 6 heteroatoms. The Kier molecular flexibility index (Phi) is 4.45. The first-order chi connectivity index (χ1) is 9.95. The third-order valence-electron chi connectivity index (χ3n) is 2.63. The molecule has 0 bridgehead atoms. The standard InChI is InChI=1S/C15H12ClNO4/c1-9-2-4-11(21-9)5-7-14(18)17-13-6-3-10(15(19)20)8-12(13)16/h2-8H,1H3,(H,17,18)(H,19,20). The molecule has 0 saturated carbocycles. The SMILES string of the molecule is Cc1ccc(C=CC(=O)Nc2ccc(C(=O)O)cc2Cl)o1. The van der Waals surface area contributed by atoms with Gasteiger partial charge < -0.3 is 14.8 Å². The zero-order chi connectivity index (χ0) is 15.4. The lowest BCUT2D eigenvalue weighted by molar-refractivity contribution is -0.111. The molecule has 0 aliphatic carbocycles. The summed E-state index contributed by atoms with van der Waals surface area (Å²) >= 11 is 5.92. The van der Waals surface area contributed by atoms with Crippen molar-refractivity contribution in [3.8, 4) is 0 Å². The quantitative estimate of drug-likeness (QED) is 0.846. The van der Waals surface area contributed by atoms with Gasteiger partial charge in [0.2, 0.25) is 5.91 Å². The highest BCUT2D eigenvalue weighted by Crippen LogP contribution is 2.23. The number of furan rings is 1. The molecule has 1 aromatic carbocycles. The van der Waals surface area contributed by atoms with Crippen molar-refractivity contribution in [3.63, 3.8) is 0 Å². The van der Waals surface area contributed by atoms with Gasteiger partial charge in [-0.25, -0.2) is 4.79 Å². The maximum absolute atomic E-state index is 11.7. The minimum absolute atomic E-state index is 0.0552. The first-order valence-corrected chi connectivity index (χ1v) is 6.42. The summed E-state index contributed by atoms with van der Waals surface area (Å²) < 4.78 is 5.29. The van der Waals surface area contributed by atoms with Crippen LogP contribution < -0.4 is 5.32 Å². The molecular formula is C15H12ClNO4. The fourth-order valence-electron chi connectivity index (χ4n) is 1.62. The first-order valence-electron chi connectivity index (χ1n) is 6.04. The fraction of sp³-hybridized carbons (Fsp3) is 0.0667. The van der Waals surface area contributed by atoms with Crippen LogP contribution in [0.3, 0.4) is 0 Å². The van der Waals surface area contributed by atoms with E-state index in [1.165, 1.54) is 30.4 Å². The van der Waals surface area contributed by atoms with E-state index in [9.17, 15) is 9.59 Å². The van der Waals surface area contributed by atoms with E-state index in [1.54, 1.807) is 19.1 Å². The summed E-state index contributed by atoms with van der Waals surface area (Å²) in [5.74, 6) is -0.158. The van der Waals surface area contributed by atoms with E-state index in [-0.39, 0.29) is 10.6 Å². The van der Waals surface area contributed by atoms with Crippen molar-refractivity contribution in [1.29, 1.82) is 0 Å². The summed E-state index contributed by atoms with van der Waals surface area (Å²) in [7, 11) is 0. The number of carboxylic acid groups (broad SMARTS) is 1. The second-order valence-corrected chi connectivity index (χ2v) is 4.68. The molecule has 2 aromatic rings. The molecule has 0 saturated heterocycles. The van der Waals surface area contributed by atoms with E-state index in [0.717, 1.165) is 5.76 Å². The average molecular weight is 306 g/mol. The number of carbonyl (C=O) groups is 2. The molecule has 5 nitrogen and oxygen atoms in total. The van der Waals surface area contributed by atoms with Gasteiger partial charge in [-0.15, -0.1) is 0 Å². The van der Waals surface area contributed by atoms with E-state index in [1.807, 2.05) is 0 Å². The highest BCUT2D eigenvalue weighted by atomic mass is 35.5. The summed E-state index contributed by atoms with van der Waals surface area (Å²) in [6.45, 7) is 1.81. The van der Waals surface area contributed by atoms with Gasteiger partial charge in [0.25, 0.3) is 0 Å². The highest BCUT2D eigenvalue weighted by Gasteiger charge is 2.08. The predicted molar refractivity (Wildman–Crippen MR) is 79.5 cm³/mol. The lowest BCUT2D eigenvalue weighted by atomic mass is 10.2. The average Bonchev–Trinajstić information content (AvgIpc) is 2.84. The smallest absolute Gasteiger partial charge is 0.335 e. The minimum Gasteiger partial charge on any atom is -0.478 e. The number of hydrogen-bond donors (Lipinski definition) is 2. The molecule has 0 unspecified atom stereocenters. The Hall–Kier alpha value is -2.53. The van der Waals surface area contributed by atoms with Crippen LogP contribution in [0, 0.1) is 6.92 Å². The zero-order valence-electron chi connectivity index (χ0n) is 11.1. The van der Waals surface area contributed by atoms with Crippen molar-refractivity contribution in [1.82, 2.24) is 0 Å². The maximum Gasteiger partial charge on any atom is 0.335 e. The number of nitrogens with one attached hydrogen (secondary N) is 1. The summed E-state index contributed by atoms with van der Waals surface area (Å²) in [4.78, 5) is 22.5. The molecule has 21 heavy (non-hydrogen) atoms. The van der Waals surface area contributed by atoms with Gasteiger partial charge in [-0.1, -0.05) is 11.6 Å². The van der Waals surface area contributed by atoms with Gasteiger partial charge in [-0.2, -0.15) is 0 Å². The molecular weight excluding hydrogens is 294 g/mol. The van der Waals surface area contributed by atoms with Crippen molar-refractivity contribution >= 4 is 35.2 Å². The number of rotatable bonds is 4. The van der Waals surface area contributed by atoms with Gasteiger partial charge >= 0.3 is 5.97 Å². The molecule has 2 N–H and O–H groups in total. The van der Waals surface area contributed by atoms with Gasteiger partial charge in [-0.3, -0.25) is 4.79 Å². The molecule has 1 heterocycles. The topological polar surface area (TPSA) is 79.5 Å². The summed E-state index contributed by atoms with van der Waals surface area (Å²) in [5.41, 5.74) is 0.395. The van der Waals surface area contributed by atoms with Gasteiger partial charge in [0.15, 0.2) is 0 Å². The third kappa shape index (κ3) is 3.97. The first kappa shape index (κ1) is 14.9.